The molecule has 0 atom stereocenters. The molecule has 0 aliphatic carbocycles. The maximum atomic E-state index is 4.75. The van der Waals surface area contributed by atoms with Gasteiger partial charge in [0.15, 0.2) is 5.82 Å². The van der Waals surface area contributed by atoms with E-state index >= 15 is 0 Å². The van der Waals surface area contributed by atoms with Crippen LogP contribution in [0.15, 0.2) is 35.5 Å². The maximum Gasteiger partial charge on any atom is 0.160 e. The van der Waals surface area contributed by atoms with Gasteiger partial charge in [0.25, 0.3) is 0 Å². The SMILES string of the molecule is CCCCCCCCCCc1cnc(-c2ccc(CCCCCCCCCC)cc2S)nc1. The molecule has 0 amide bonds. The molecule has 1 aromatic carbocycles. The van der Waals surface area contributed by atoms with Crippen molar-refractivity contribution in [1.29, 1.82) is 0 Å². The highest BCUT2D eigenvalue weighted by atomic mass is 32.1. The van der Waals surface area contributed by atoms with Gasteiger partial charge in [0.2, 0.25) is 0 Å². The van der Waals surface area contributed by atoms with E-state index in [9.17, 15) is 0 Å². The maximum absolute atomic E-state index is 4.75. The quantitative estimate of drug-likeness (QED) is 0.164. The normalized spacial score (nSPS) is 11.2. The molecular formula is C30H48N2S. The number of nitrogens with zero attached hydrogens (tertiary/aromatic N) is 2. The van der Waals surface area contributed by atoms with Crippen molar-refractivity contribution in [3.63, 3.8) is 0 Å². The Kier molecular flexibility index (Phi) is 15.2. The van der Waals surface area contributed by atoms with Crippen molar-refractivity contribution in [2.45, 2.75) is 134 Å². The summed E-state index contributed by atoms with van der Waals surface area (Å²) in [7, 11) is 0. The first-order chi connectivity index (χ1) is 16.2. The van der Waals surface area contributed by atoms with E-state index in [1.54, 1.807) is 0 Å². The molecule has 3 heteroatoms. The summed E-state index contributed by atoms with van der Waals surface area (Å²) in [5.41, 5.74) is 3.66. The molecule has 0 N–H and O–H groups in total. The van der Waals surface area contributed by atoms with Gasteiger partial charge in [-0.3, -0.25) is 0 Å². The molecule has 33 heavy (non-hydrogen) atoms. The highest BCUT2D eigenvalue weighted by molar-refractivity contribution is 7.80. The number of unbranched alkanes of at least 4 members (excludes halogenated alkanes) is 14. The Balaban J connectivity index is 1.68. The Morgan fingerprint density at radius 1 is 0.576 bits per heavy atom. The summed E-state index contributed by atoms with van der Waals surface area (Å²) in [6.45, 7) is 4.55. The number of rotatable bonds is 19. The smallest absolute Gasteiger partial charge is 0.160 e. The van der Waals surface area contributed by atoms with Crippen molar-refractivity contribution >= 4 is 12.6 Å². The first-order valence-electron chi connectivity index (χ1n) is 13.9. The van der Waals surface area contributed by atoms with Crippen LogP contribution in [0.5, 0.6) is 0 Å². The van der Waals surface area contributed by atoms with Crippen molar-refractivity contribution < 1.29 is 0 Å². The number of hydrogen-bond donors (Lipinski definition) is 1. The van der Waals surface area contributed by atoms with Crippen LogP contribution >= 0.6 is 12.6 Å². The summed E-state index contributed by atoms with van der Waals surface area (Å²) < 4.78 is 0. The van der Waals surface area contributed by atoms with Gasteiger partial charge in [-0.2, -0.15) is 0 Å². The second kappa shape index (κ2) is 18.0. The molecule has 0 fully saturated rings. The summed E-state index contributed by atoms with van der Waals surface area (Å²) in [5, 5.41) is 0. The summed E-state index contributed by atoms with van der Waals surface area (Å²) in [5.74, 6) is 0.790. The van der Waals surface area contributed by atoms with E-state index < -0.39 is 0 Å². The molecule has 0 unspecified atom stereocenters. The van der Waals surface area contributed by atoms with E-state index in [2.05, 4.69) is 42.0 Å². The first kappa shape index (κ1) is 27.9. The fourth-order valence-corrected chi connectivity index (χ4v) is 4.81. The average Bonchev–Trinajstić information content (AvgIpc) is 2.83. The van der Waals surface area contributed by atoms with E-state index in [0.29, 0.717) is 0 Å². The van der Waals surface area contributed by atoms with Crippen LogP contribution in [0.4, 0.5) is 0 Å². The third kappa shape index (κ3) is 12.1. The second-order valence-electron chi connectivity index (χ2n) is 9.72. The van der Waals surface area contributed by atoms with Gasteiger partial charge in [-0.15, -0.1) is 12.6 Å². The Morgan fingerprint density at radius 2 is 1.03 bits per heavy atom. The number of aromatic nitrogens is 2. The lowest BCUT2D eigenvalue weighted by Crippen LogP contribution is -1.95. The van der Waals surface area contributed by atoms with E-state index in [4.69, 9.17) is 12.6 Å². The van der Waals surface area contributed by atoms with Crippen molar-refractivity contribution in [2.75, 3.05) is 0 Å². The lowest BCUT2D eigenvalue weighted by Gasteiger charge is -2.08. The molecule has 0 saturated heterocycles. The summed E-state index contributed by atoms with van der Waals surface area (Å²) in [4.78, 5) is 10.3. The first-order valence-corrected chi connectivity index (χ1v) is 14.3. The number of thiol groups is 1. The monoisotopic (exact) mass is 468 g/mol. The van der Waals surface area contributed by atoms with E-state index in [1.165, 1.54) is 114 Å². The van der Waals surface area contributed by atoms with Gasteiger partial charge in [-0.25, -0.2) is 9.97 Å². The molecular weight excluding hydrogens is 420 g/mol. The predicted molar refractivity (Wildman–Crippen MR) is 147 cm³/mol. The fraction of sp³-hybridized carbons (Fsp3) is 0.667. The molecule has 0 spiro atoms. The van der Waals surface area contributed by atoms with Gasteiger partial charge >= 0.3 is 0 Å². The van der Waals surface area contributed by atoms with Gasteiger partial charge in [-0.1, -0.05) is 110 Å². The van der Waals surface area contributed by atoms with E-state index in [-0.39, 0.29) is 0 Å². The van der Waals surface area contributed by atoms with Crippen LogP contribution in [0.3, 0.4) is 0 Å². The molecule has 0 radical (unpaired) electrons. The molecule has 2 aromatic rings. The van der Waals surface area contributed by atoms with Crippen LogP contribution in [-0.4, -0.2) is 9.97 Å². The van der Waals surface area contributed by atoms with Crippen molar-refractivity contribution in [3.05, 3.63) is 41.7 Å². The largest absolute Gasteiger partial charge is 0.236 e. The zero-order valence-corrected chi connectivity index (χ0v) is 22.4. The topological polar surface area (TPSA) is 25.8 Å². The minimum absolute atomic E-state index is 0.790. The summed E-state index contributed by atoms with van der Waals surface area (Å²) >= 11 is 4.75. The molecule has 2 rings (SSSR count). The lowest BCUT2D eigenvalue weighted by molar-refractivity contribution is 0.575. The minimum atomic E-state index is 0.790. The molecule has 0 bridgehead atoms. The number of benzene rings is 1. The predicted octanol–water partition coefficient (Wildman–Crippen LogP) is 9.80. The van der Waals surface area contributed by atoms with Crippen LogP contribution in [0.25, 0.3) is 11.4 Å². The van der Waals surface area contributed by atoms with Gasteiger partial charge in [0, 0.05) is 22.9 Å². The Morgan fingerprint density at radius 3 is 1.52 bits per heavy atom. The molecule has 0 aliphatic rings. The molecule has 1 heterocycles. The number of aryl methyl sites for hydroxylation is 2. The van der Waals surface area contributed by atoms with Crippen LogP contribution < -0.4 is 0 Å². The van der Waals surface area contributed by atoms with Crippen LogP contribution in [0.1, 0.15) is 128 Å². The van der Waals surface area contributed by atoms with Crippen LogP contribution in [0, 0.1) is 0 Å². The Bertz CT molecular complexity index is 741. The van der Waals surface area contributed by atoms with Crippen LogP contribution in [0.2, 0.25) is 0 Å². The highest BCUT2D eigenvalue weighted by Crippen LogP contribution is 2.26. The molecule has 1 aromatic heterocycles. The van der Waals surface area contributed by atoms with E-state index in [1.807, 2.05) is 12.4 Å². The molecule has 0 saturated carbocycles. The highest BCUT2D eigenvalue weighted by Gasteiger charge is 2.07. The van der Waals surface area contributed by atoms with E-state index in [0.717, 1.165) is 29.1 Å². The van der Waals surface area contributed by atoms with Crippen molar-refractivity contribution in [3.8, 4) is 11.4 Å². The zero-order chi connectivity index (χ0) is 23.6. The number of hydrogen-bond acceptors (Lipinski definition) is 3. The second-order valence-corrected chi connectivity index (χ2v) is 10.2. The summed E-state index contributed by atoms with van der Waals surface area (Å²) in [6.07, 6.45) is 27.9. The van der Waals surface area contributed by atoms with Gasteiger partial charge in [0.1, 0.15) is 0 Å². The third-order valence-electron chi connectivity index (χ3n) is 6.65. The lowest BCUT2D eigenvalue weighted by atomic mass is 10.0. The van der Waals surface area contributed by atoms with Crippen molar-refractivity contribution in [1.82, 2.24) is 9.97 Å². The van der Waals surface area contributed by atoms with Crippen molar-refractivity contribution in [2.24, 2.45) is 0 Å². The Labute approximate surface area is 209 Å². The standard InChI is InChI=1S/C30H48N2S/c1-3-5-7-9-11-13-15-17-19-26-21-22-28(29(33)23-26)30-31-24-27(25-32-30)20-18-16-14-12-10-8-6-4-2/h21-25,33H,3-20H2,1-2H3. The van der Waals surface area contributed by atoms with Gasteiger partial charge in [0.05, 0.1) is 0 Å². The molecule has 2 nitrogen and oxygen atoms in total. The van der Waals surface area contributed by atoms with Gasteiger partial charge in [-0.05, 0) is 48.9 Å². The average molecular weight is 469 g/mol. The third-order valence-corrected chi connectivity index (χ3v) is 7.02. The zero-order valence-electron chi connectivity index (χ0n) is 21.5. The minimum Gasteiger partial charge on any atom is -0.236 e. The molecule has 0 aliphatic heterocycles. The fourth-order valence-electron chi connectivity index (χ4n) is 4.47. The van der Waals surface area contributed by atoms with Gasteiger partial charge < -0.3 is 0 Å². The summed E-state index contributed by atoms with van der Waals surface area (Å²) in [6, 6.07) is 6.58. The van der Waals surface area contributed by atoms with Crippen LogP contribution in [-0.2, 0) is 12.8 Å². The Hall–Kier alpha value is -1.35. The molecule has 184 valence electrons.